The topological polar surface area (TPSA) is 46.8 Å². The molecule has 2 aromatic rings. The van der Waals surface area contributed by atoms with Crippen LogP contribution in [0.3, 0.4) is 0 Å². The molecule has 1 atom stereocenters. The predicted octanol–water partition coefficient (Wildman–Crippen LogP) is 1.43. The van der Waals surface area contributed by atoms with Crippen LogP contribution in [0, 0.1) is 6.92 Å². The van der Waals surface area contributed by atoms with E-state index in [-0.39, 0.29) is 0 Å². The van der Waals surface area contributed by atoms with Gasteiger partial charge >= 0.3 is 0 Å². The second-order valence-corrected chi connectivity index (χ2v) is 4.39. The molecule has 0 amide bonds. The number of rotatable bonds is 2. The fraction of sp³-hybridized carbons (Fsp3) is 0.417. The molecule has 0 aromatic carbocycles. The highest BCUT2D eigenvalue weighted by Gasteiger charge is 2.24. The fourth-order valence-corrected chi connectivity index (χ4v) is 2.28. The molecule has 1 aliphatic heterocycles. The first-order chi connectivity index (χ1) is 8.33. The molecule has 1 fully saturated rings. The number of hydrogen-bond acceptors (Lipinski definition) is 4. The van der Waals surface area contributed by atoms with Gasteiger partial charge in [0.1, 0.15) is 12.1 Å². The van der Waals surface area contributed by atoms with Gasteiger partial charge in [-0.05, 0) is 19.4 Å². The first-order valence-electron chi connectivity index (χ1n) is 5.85. The van der Waals surface area contributed by atoms with E-state index in [1.807, 2.05) is 36.1 Å². The van der Waals surface area contributed by atoms with Crippen LogP contribution < -0.4 is 4.90 Å². The van der Waals surface area contributed by atoms with Gasteiger partial charge in [-0.25, -0.2) is 9.97 Å². The quantitative estimate of drug-likeness (QED) is 0.781. The van der Waals surface area contributed by atoms with E-state index < -0.39 is 0 Å². The zero-order chi connectivity index (χ0) is 11.7. The van der Waals surface area contributed by atoms with Crippen LogP contribution in [-0.2, 0) is 0 Å². The molecule has 0 spiro atoms. The molecule has 1 unspecified atom stereocenters. The summed E-state index contributed by atoms with van der Waals surface area (Å²) in [4.78, 5) is 10.7. The maximum absolute atomic E-state index is 4.32. The Balaban J connectivity index is 1.76. The van der Waals surface area contributed by atoms with Crippen molar-refractivity contribution in [3.8, 4) is 0 Å². The molecule has 0 N–H and O–H groups in total. The Hall–Kier alpha value is -1.91. The van der Waals surface area contributed by atoms with Gasteiger partial charge in [0.15, 0.2) is 0 Å². The minimum atomic E-state index is 0.459. The highest BCUT2D eigenvalue weighted by atomic mass is 15.3. The van der Waals surface area contributed by atoms with Gasteiger partial charge in [0, 0.05) is 37.2 Å². The number of hydrogen-bond donors (Lipinski definition) is 0. The van der Waals surface area contributed by atoms with Crippen LogP contribution in [0.4, 0.5) is 5.82 Å². The Morgan fingerprint density at radius 3 is 3.06 bits per heavy atom. The zero-order valence-corrected chi connectivity index (χ0v) is 9.82. The smallest absolute Gasteiger partial charge is 0.132 e. The van der Waals surface area contributed by atoms with E-state index in [1.165, 1.54) is 0 Å². The number of aryl methyl sites for hydroxylation is 1. The Kier molecular flexibility index (Phi) is 2.51. The van der Waals surface area contributed by atoms with Gasteiger partial charge < -0.3 is 4.90 Å². The lowest BCUT2D eigenvalue weighted by atomic mass is 10.3. The molecule has 1 saturated heterocycles. The summed E-state index contributed by atoms with van der Waals surface area (Å²) in [5.41, 5.74) is 1.01. The summed E-state index contributed by atoms with van der Waals surface area (Å²) in [6.45, 7) is 3.99. The summed E-state index contributed by atoms with van der Waals surface area (Å²) in [7, 11) is 0. The normalized spacial score (nSPS) is 19.8. The van der Waals surface area contributed by atoms with Crippen molar-refractivity contribution in [1.82, 2.24) is 19.7 Å². The third-order valence-corrected chi connectivity index (χ3v) is 3.18. The first-order valence-corrected chi connectivity index (χ1v) is 5.85. The summed E-state index contributed by atoms with van der Waals surface area (Å²) in [6, 6.07) is 4.46. The van der Waals surface area contributed by atoms with E-state index >= 15 is 0 Å². The van der Waals surface area contributed by atoms with Crippen molar-refractivity contribution in [2.75, 3.05) is 18.0 Å². The third-order valence-electron chi connectivity index (χ3n) is 3.18. The molecule has 0 radical (unpaired) electrons. The average Bonchev–Trinajstić information content (AvgIpc) is 3.00. The van der Waals surface area contributed by atoms with Gasteiger partial charge in [-0.2, -0.15) is 5.10 Å². The summed E-state index contributed by atoms with van der Waals surface area (Å²) in [5, 5.41) is 4.30. The lowest BCUT2D eigenvalue weighted by Gasteiger charge is -2.17. The fourth-order valence-electron chi connectivity index (χ4n) is 2.28. The molecule has 3 heterocycles. The predicted molar refractivity (Wildman–Crippen MR) is 64.9 cm³/mol. The van der Waals surface area contributed by atoms with Gasteiger partial charge in [-0.3, -0.25) is 4.68 Å². The summed E-state index contributed by atoms with van der Waals surface area (Å²) >= 11 is 0. The summed E-state index contributed by atoms with van der Waals surface area (Å²) in [6.07, 6.45) is 6.60. The summed E-state index contributed by atoms with van der Waals surface area (Å²) in [5.74, 6) is 1.02. The lowest BCUT2D eigenvalue weighted by Crippen LogP contribution is -2.22. The number of anilines is 1. The van der Waals surface area contributed by atoms with E-state index in [0.717, 1.165) is 31.0 Å². The second-order valence-electron chi connectivity index (χ2n) is 4.39. The Morgan fingerprint density at radius 2 is 2.29 bits per heavy atom. The van der Waals surface area contributed by atoms with Crippen LogP contribution >= 0.6 is 0 Å². The van der Waals surface area contributed by atoms with Gasteiger partial charge in [0.05, 0.1) is 6.04 Å². The van der Waals surface area contributed by atoms with Crippen molar-refractivity contribution < 1.29 is 0 Å². The molecule has 0 saturated carbocycles. The minimum absolute atomic E-state index is 0.459. The number of nitrogens with zero attached hydrogens (tertiary/aromatic N) is 5. The van der Waals surface area contributed by atoms with E-state index in [2.05, 4.69) is 20.0 Å². The van der Waals surface area contributed by atoms with Crippen molar-refractivity contribution in [3.05, 3.63) is 36.5 Å². The molecule has 0 bridgehead atoms. The molecule has 2 aromatic heterocycles. The van der Waals surface area contributed by atoms with Crippen LogP contribution in [-0.4, -0.2) is 32.8 Å². The summed E-state index contributed by atoms with van der Waals surface area (Å²) < 4.78 is 2.04. The van der Waals surface area contributed by atoms with Crippen LogP contribution in [0.2, 0.25) is 0 Å². The van der Waals surface area contributed by atoms with Crippen molar-refractivity contribution in [1.29, 1.82) is 0 Å². The lowest BCUT2D eigenvalue weighted by molar-refractivity contribution is 0.494. The van der Waals surface area contributed by atoms with Crippen molar-refractivity contribution in [2.24, 2.45) is 0 Å². The van der Waals surface area contributed by atoms with E-state index in [9.17, 15) is 0 Å². The Bertz CT molecular complexity index is 493. The highest BCUT2D eigenvalue weighted by Crippen LogP contribution is 2.24. The highest BCUT2D eigenvalue weighted by molar-refractivity contribution is 5.40. The largest absolute Gasteiger partial charge is 0.354 e. The maximum atomic E-state index is 4.32. The molecule has 5 heteroatoms. The van der Waals surface area contributed by atoms with Crippen molar-refractivity contribution in [2.45, 2.75) is 19.4 Å². The van der Waals surface area contributed by atoms with Gasteiger partial charge in [-0.1, -0.05) is 0 Å². The Labute approximate surface area is 100 Å². The van der Waals surface area contributed by atoms with Crippen molar-refractivity contribution >= 4 is 5.82 Å². The molecule has 5 nitrogen and oxygen atoms in total. The number of aromatic nitrogens is 4. The van der Waals surface area contributed by atoms with Crippen LogP contribution in [0.15, 0.2) is 30.9 Å². The van der Waals surface area contributed by atoms with E-state index in [1.54, 1.807) is 6.33 Å². The van der Waals surface area contributed by atoms with Crippen molar-refractivity contribution in [3.63, 3.8) is 0 Å². The molecule has 1 aliphatic rings. The van der Waals surface area contributed by atoms with Gasteiger partial charge in [-0.15, -0.1) is 0 Å². The van der Waals surface area contributed by atoms with E-state index in [0.29, 0.717) is 6.04 Å². The monoisotopic (exact) mass is 229 g/mol. The zero-order valence-electron chi connectivity index (χ0n) is 9.82. The standard InChI is InChI=1S/C12H15N5/c1-10-7-12(14-9-13-10)16-6-3-11(8-16)17-5-2-4-15-17/h2,4-5,7,9,11H,3,6,8H2,1H3. The maximum Gasteiger partial charge on any atom is 0.132 e. The Morgan fingerprint density at radius 1 is 1.35 bits per heavy atom. The minimum Gasteiger partial charge on any atom is -0.354 e. The SMILES string of the molecule is Cc1cc(N2CCC(n3cccn3)C2)ncn1. The molecule has 88 valence electrons. The van der Waals surface area contributed by atoms with Gasteiger partial charge in [0.25, 0.3) is 0 Å². The van der Waals surface area contributed by atoms with Crippen LogP contribution in [0.25, 0.3) is 0 Å². The van der Waals surface area contributed by atoms with Crippen LogP contribution in [0.1, 0.15) is 18.2 Å². The molecule has 17 heavy (non-hydrogen) atoms. The third kappa shape index (κ3) is 2.00. The first kappa shape index (κ1) is 10.3. The molecular weight excluding hydrogens is 214 g/mol. The average molecular weight is 229 g/mol. The van der Waals surface area contributed by atoms with Crippen LogP contribution in [0.5, 0.6) is 0 Å². The van der Waals surface area contributed by atoms with Gasteiger partial charge in [0.2, 0.25) is 0 Å². The molecule has 0 aliphatic carbocycles. The van der Waals surface area contributed by atoms with E-state index in [4.69, 9.17) is 0 Å². The molecule has 3 rings (SSSR count). The molecular formula is C12H15N5. The second kappa shape index (κ2) is 4.16.